The topological polar surface area (TPSA) is 119 Å². The van der Waals surface area contributed by atoms with E-state index < -0.39 is 22.8 Å². The Morgan fingerprint density at radius 2 is 2.09 bits per heavy atom. The third-order valence-electron chi connectivity index (χ3n) is 2.95. The maximum atomic E-state index is 11.7. The quantitative estimate of drug-likeness (QED) is 0.551. The number of halogens is 1. The van der Waals surface area contributed by atoms with E-state index in [0.29, 0.717) is 0 Å². The van der Waals surface area contributed by atoms with Crippen LogP contribution in [0.2, 0.25) is 5.02 Å². The normalized spacial score (nSPS) is 11.8. The van der Waals surface area contributed by atoms with Crippen LogP contribution in [0.25, 0.3) is 0 Å². The van der Waals surface area contributed by atoms with Crippen LogP contribution in [0.4, 0.5) is 5.69 Å². The second kappa shape index (κ2) is 8.33. The predicted molar refractivity (Wildman–Crippen MR) is 82.6 cm³/mol. The molecule has 0 aliphatic rings. The van der Waals surface area contributed by atoms with Crippen molar-refractivity contribution in [3.05, 3.63) is 33.3 Å². The summed E-state index contributed by atoms with van der Waals surface area (Å²) in [5.74, 6) is -1.91. The molecule has 8 nitrogen and oxygen atoms in total. The van der Waals surface area contributed by atoms with Gasteiger partial charge in [-0.15, -0.1) is 0 Å². The number of carbonyl (C=O) groups excluding carboxylic acids is 1. The van der Waals surface area contributed by atoms with E-state index >= 15 is 0 Å². The van der Waals surface area contributed by atoms with Gasteiger partial charge in [0.25, 0.3) is 0 Å². The number of carboxylic acids is 1. The standard InChI is InChI=1S/C14H17ClN2O6/c1-8(2)13(14(19)20)16-12(18)5-6-23-11-4-3-9(15)7-10(11)17(21)22/h3-4,7-8,13H,5-6H2,1-2H3,(H,16,18)(H,19,20)/t13-/m1/s1. The molecule has 0 unspecified atom stereocenters. The zero-order valence-corrected chi connectivity index (χ0v) is 13.4. The molecule has 9 heteroatoms. The number of amides is 1. The molecule has 1 aromatic carbocycles. The lowest BCUT2D eigenvalue weighted by molar-refractivity contribution is -0.385. The van der Waals surface area contributed by atoms with E-state index in [1.165, 1.54) is 12.1 Å². The Balaban J connectivity index is 2.59. The van der Waals surface area contributed by atoms with Crippen LogP contribution in [-0.2, 0) is 9.59 Å². The highest BCUT2D eigenvalue weighted by molar-refractivity contribution is 6.30. The molecule has 1 rings (SSSR count). The van der Waals surface area contributed by atoms with E-state index in [4.69, 9.17) is 21.4 Å². The Morgan fingerprint density at radius 3 is 2.61 bits per heavy atom. The van der Waals surface area contributed by atoms with Crippen LogP contribution in [0.5, 0.6) is 5.75 Å². The van der Waals surface area contributed by atoms with Crippen molar-refractivity contribution in [3.63, 3.8) is 0 Å². The van der Waals surface area contributed by atoms with Gasteiger partial charge >= 0.3 is 11.7 Å². The highest BCUT2D eigenvalue weighted by Crippen LogP contribution is 2.29. The van der Waals surface area contributed by atoms with Crippen LogP contribution in [-0.4, -0.2) is 34.6 Å². The molecule has 0 aromatic heterocycles. The molecule has 0 radical (unpaired) electrons. The van der Waals surface area contributed by atoms with Gasteiger partial charge < -0.3 is 15.2 Å². The molecule has 0 spiro atoms. The Morgan fingerprint density at radius 1 is 1.43 bits per heavy atom. The zero-order chi connectivity index (χ0) is 17.6. The van der Waals surface area contributed by atoms with Crippen molar-refractivity contribution < 1.29 is 24.4 Å². The van der Waals surface area contributed by atoms with Gasteiger partial charge in [0.15, 0.2) is 5.75 Å². The van der Waals surface area contributed by atoms with Crippen LogP contribution < -0.4 is 10.1 Å². The second-order valence-electron chi connectivity index (χ2n) is 5.10. The molecule has 126 valence electrons. The lowest BCUT2D eigenvalue weighted by atomic mass is 10.0. The molecule has 1 amide bonds. The summed E-state index contributed by atoms with van der Waals surface area (Å²) in [4.78, 5) is 33.0. The summed E-state index contributed by atoms with van der Waals surface area (Å²) >= 11 is 5.68. The minimum atomic E-state index is -1.12. The number of nitrogens with zero attached hydrogens (tertiary/aromatic N) is 1. The van der Waals surface area contributed by atoms with Crippen molar-refractivity contribution in [2.75, 3.05) is 6.61 Å². The number of hydrogen-bond acceptors (Lipinski definition) is 5. The van der Waals surface area contributed by atoms with Crippen molar-refractivity contribution >= 4 is 29.2 Å². The zero-order valence-electron chi connectivity index (χ0n) is 12.6. The average molecular weight is 345 g/mol. The van der Waals surface area contributed by atoms with Gasteiger partial charge in [-0.25, -0.2) is 4.79 Å². The fourth-order valence-electron chi connectivity index (χ4n) is 1.77. The smallest absolute Gasteiger partial charge is 0.326 e. The second-order valence-corrected chi connectivity index (χ2v) is 5.53. The lowest BCUT2D eigenvalue weighted by Gasteiger charge is -2.17. The molecule has 0 aliphatic heterocycles. The average Bonchev–Trinajstić information content (AvgIpc) is 2.45. The molecule has 0 heterocycles. The molecule has 0 fully saturated rings. The number of carboxylic acid groups (broad SMARTS) is 1. The van der Waals surface area contributed by atoms with Crippen LogP contribution in [0.1, 0.15) is 20.3 Å². The van der Waals surface area contributed by atoms with E-state index in [-0.39, 0.29) is 35.4 Å². The van der Waals surface area contributed by atoms with Gasteiger partial charge in [0.2, 0.25) is 5.91 Å². The fourth-order valence-corrected chi connectivity index (χ4v) is 1.93. The highest BCUT2D eigenvalue weighted by Gasteiger charge is 2.23. The number of ether oxygens (including phenoxy) is 1. The number of rotatable bonds is 8. The molecule has 0 saturated heterocycles. The van der Waals surface area contributed by atoms with E-state index in [1.807, 2.05) is 0 Å². The van der Waals surface area contributed by atoms with Crippen LogP contribution in [0.3, 0.4) is 0 Å². The first-order valence-corrected chi connectivity index (χ1v) is 7.19. The van der Waals surface area contributed by atoms with Gasteiger partial charge in [-0.1, -0.05) is 25.4 Å². The number of benzene rings is 1. The number of nitro benzene ring substituents is 1. The van der Waals surface area contributed by atoms with Crippen LogP contribution >= 0.6 is 11.6 Å². The first-order valence-electron chi connectivity index (χ1n) is 6.81. The monoisotopic (exact) mass is 344 g/mol. The Labute approximate surface area is 137 Å². The van der Waals surface area contributed by atoms with Crippen molar-refractivity contribution in [1.29, 1.82) is 0 Å². The summed E-state index contributed by atoms with van der Waals surface area (Å²) in [5, 5.41) is 22.4. The van der Waals surface area contributed by atoms with Crippen LogP contribution in [0.15, 0.2) is 18.2 Å². The molecule has 23 heavy (non-hydrogen) atoms. The lowest BCUT2D eigenvalue weighted by Crippen LogP contribution is -2.44. The van der Waals surface area contributed by atoms with Gasteiger partial charge in [-0.2, -0.15) is 0 Å². The number of aliphatic carboxylic acids is 1. The Bertz CT molecular complexity index is 605. The summed E-state index contributed by atoms with van der Waals surface area (Å²) in [6, 6.07) is 2.93. The highest BCUT2D eigenvalue weighted by atomic mass is 35.5. The van der Waals surface area contributed by atoms with E-state index in [2.05, 4.69) is 5.32 Å². The summed E-state index contributed by atoms with van der Waals surface area (Å²) < 4.78 is 5.22. The summed E-state index contributed by atoms with van der Waals surface area (Å²) in [6.07, 6.45) is -0.129. The van der Waals surface area contributed by atoms with Crippen molar-refractivity contribution in [3.8, 4) is 5.75 Å². The van der Waals surface area contributed by atoms with E-state index in [0.717, 1.165) is 6.07 Å². The van der Waals surface area contributed by atoms with Gasteiger partial charge in [-0.05, 0) is 18.1 Å². The summed E-state index contributed by atoms with van der Waals surface area (Å²) in [6.45, 7) is 3.22. The van der Waals surface area contributed by atoms with Gasteiger partial charge in [0.05, 0.1) is 18.0 Å². The number of carbonyl (C=O) groups is 2. The molecule has 0 aliphatic carbocycles. The number of nitro groups is 1. The van der Waals surface area contributed by atoms with Crippen molar-refractivity contribution in [2.45, 2.75) is 26.3 Å². The molecule has 1 aromatic rings. The Hall–Kier alpha value is -2.35. The molecule has 0 bridgehead atoms. The largest absolute Gasteiger partial charge is 0.486 e. The molecular weight excluding hydrogens is 328 g/mol. The molecule has 1 atom stereocenters. The molecule has 2 N–H and O–H groups in total. The minimum absolute atomic E-state index is 0.00848. The maximum Gasteiger partial charge on any atom is 0.326 e. The third kappa shape index (κ3) is 5.74. The van der Waals surface area contributed by atoms with E-state index in [9.17, 15) is 19.7 Å². The number of hydrogen-bond donors (Lipinski definition) is 2. The number of nitrogens with one attached hydrogen (secondary N) is 1. The van der Waals surface area contributed by atoms with Crippen molar-refractivity contribution in [1.82, 2.24) is 5.32 Å². The van der Waals surface area contributed by atoms with Crippen LogP contribution in [0, 0.1) is 16.0 Å². The summed E-state index contributed by atoms with van der Waals surface area (Å²) in [5.41, 5.74) is -0.302. The minimum Gasteiger partial charge on any atom is -0.486 e. The maximum absolute atomic E-state index is 11.7. The molecule has 0 saturated carbocycles. The van der Waals surface area contributed by atoms with Gasteiger partial charge in [-0.3, -0.25) is 14.9 Å². The van der Waals surface area contributed by atoms with Gasteiger partial charge in [0, 0.05) is 11.1 Å². The van der Waals surface area contributed by atoms with E-state index in [1.54, 1.807) is 13.8 Å². The fraction of sp³-hybridized carbons (Fsp3) is 0.429. The SMILES string of the molecule is CC(C)[C@@H](NC(=O)CCOc1ccc(Cl)cc1[N+](=O)[O-])C(=O)O. The van der Waals surface area contributed by atoms with Gasteiger partial charge in [0.1, 0.15) is 6.04 Å². The summed E-state index contributed by atoms with van der Waals surface area (Å²) in [7, 11) is 0. The molecular formula is C14H17ClN2O6. The van der Waals surface area contributed by atoms with Crippen molar-refractivity contribution in [2.24, 2.45) is 5.92 Å². The predicted octanol–water partition coefficient (Wildman–Crippen LogP) is 2.24. The first kappa shape index (κ1) is 18.7. The third-order valence-corrected chi connectivity index (χ3v) is 3.19. The first-order chi connectivity index (χ1) is 10.7. The Kier molecular flexibility index (Phi) is 6.77.